The van der Waals surface area contributed by atoms with Crippen LogP contribution < -0.4 is 5.32 Å². The second kappa shape index (κ2) is 8.67. The third kappa shape index (κ3) is 4.96. The second-order valence-electron chi connectivity index (χ2n) is 6.76. The Bertz CT molecular complexity index is 837. The van der Waals surface area contributed by atoms with Crippen LogP contribution in [-0.2, 0) is 4.79 Å². The highest BCUT2D eigenvalue weighted by atomic mass is 35.5. The van der Waals surface area contributed by atoms with Crippen molar-refractivity contribution in [3.05, 3.63) is 62.3 Å². The highest BCUT2D eigenvalue weighted by Gasteiger charge is 2.27. The average molecular weight is 408 g/mol. The summed E-state index contributed by atoms with van der Waals surface area (Å²) in [5.74, 6) is 0.170. The zero-order chi connectivity index (χ0) is 19.4. The summed E-state index contributed by atoms with van der Waals surface area (Å²) in [7, 11) is 0. The molecule has 1 saturated carbocycles. The molecule has 1 aliphatic rings. The normalized spacial score (nSPS) is 15.5. The Hall–Kier alpha value is -2.18. The van der Waals surface area contributed by atoms with E-state index in [0.29, 0.717) is 16.0 Å². The molecule has 1 amide bonds. The van der Waals surface area contributed by atoms with E-state index in [0.717, 1.165) is 31.0 Å². The summed E-state index contributed by atoms with van der Waals surface area (Å²) in [4.78, 5) is 27.1. The van der Waals surface area contributed by atoms with Gasteiger partial charge in [-0.1, -0.05) is 55.0 Å². The van der Waals surface area contributed by atoms with E-state index in [1.807, 2.05) is 6.07 Å². The van der Waals surface area contributed by atoms with Crippen molar-refractivity contribution in [1.82, 2.24) is 4.98 Å². The van der Waals surface area contributed by atoms with Gasteiger partial charge in [-0.15, -0.1) is 0 Å². The van der Waals surface area contributed by atoms with Crippen LogP contribution >= 0.6 is 23.2 Å². The summed E-state index contributed by atoms with van der Waals surface area (Å²) in [6.45, 7) is 0. The molecular weight excluding hydrogens is 389 g/mol. The first-order valence-corrected chi connectivity index (χ1v) is 9.56. The van der Waals surface area contributed by atoms with Crippen LogP contribution in [0.15, 0.2) is 36.5 Å². The first kappa shape index (κ1) is 19.6. The number of nitro groups is 1. The van der Waals surface area contributed by atoms with Crippen LogP contribution in [0.25, 0.3) is 0 Å². The minimum Gasteiger partial charge on any atom is -0.310 e. The number of benzene rings is 1. The smallest absolute Gasteiger partial charge is 0.287 e. The number of rotatable bonds is 6. The molecule has 0 radical (unpaired) electrons. The quantitative estimate of drug-likeness (QED) is 0.498. The Labute approximate surface area is 167 Å². The molecule has 27 heavy (non-hydrogen) atoms. The SMILES string of the molecule is O=C(Nc1ccc([N+](=O)[O-])cn1)C(CC1CCCC1)c1ccc(Cl)c(Cl)c1. The van der Waals surface area contributed by atoms with E-state index in [2.05, 4.69) is 10.3 Å². The second-order valence-corrected chi connectivity index (χ2v) is 7.57. The minimum atomic E-state index is -0.531. The molecule has 1 heterocycles. The van der Waals surface area contributed by atoms with Gasteiger partial charge in [-0.25, -0.2) is 4.98 Å². The Balaban J connectivity index is 1.80. The predicted octanol–water partition coefficient (Wildman–Crippen LogP) is 5.60. The summed E-state index contributed by atoms with van der Waals surface area (Å²) in [6, 6.07) is 7.98. The van der Waals surface area contributed by atoms with Crippen LogP contribution in [0.3, 0.4) is 0 Å². The maximum Gasteiger partial charge on any atom is 0.287 e. The molecule has 2 aromatic rings. The first-order valence-electron chi connectivity index (χ1n) is 8.80. The van der Waals surface area contributed by atoms with Crippen molar-refractivity contribution in [2.75, 3.05) is 5.32 Å². The standard InChI is InChI=1S/C19H19Cl2N3O3/c20-16-7-5-13(10-17(16)21)15(9-12-3-1-2-4-12)19(25)23-18-8-6-14(11-22-18)24(26)27/h5-8,10-12,15H,1-4,9H2,(H,22,23,25). The monoisotopic (exact) mass is 407 g/mol. The Kier molecular flexibility index (Phi) is 6.29. The number of halogens is 2. The van der Waals surface area contributed by atoms with Crippen LogP contribution in [0.4, 0.5) is 11.5 Å². The van der Waals surface area contributed by atoms with E-state index < -0.39 is 4.92 Å². The van der Waals surface area contributed by atoms with Crippen molar-refractivity contribution in [2.45, 2.75) is 38.0 Å². The van der Waals surface area contributed by atoms with Gasteiger partial charge in [-0.05, 0) is 36.1 Å². The van der Waals surface area contributed by atoms with Crippen LogP contribution in [-0.4, -0.2) is 15.8 Å². The number of pyridine rings is 1. The van der Waals surface area contributed by atoms with Gasteiger partial charge in [0.2, 0.25) is 5.91 Å². The molecule has 1 aliphatic carbocycles. The lowest BCUT2D eigenvalue weighted by Crippen LogP contribution is -2.23. The van der Waals surface area contributed by atoms with Gasteiger partial charge in [0, 0.05) is 6.07 Å². The molecule has 1 unspecified atom stereocenters. The van der Waals surface area contributed by atoms with E-state index in [1.165, 1.54) is 25.0 Å². The number of anilines is 1. The van der Waals surface area contributed by atoms with Crippen LogP contribution in [0, 0.1) is 16.0 Å². The Morgan fingerprint density at radius 3 is 2.56 bits per heavy atom. The van der Waals surface area contributed by atoms with Crippen molar-refractivity contribution in [3.8, 4) is 0 Å². The summed E-state index contributed by atoms with van der Waals surface area (Å²) in [6.07, 6.45) is 6.44. The maximum absolute atomic E-state index is 13.0. The molecular formula is C19H19Cl2N3O3. The topological polar surface area (TPSA) is 85.1 Å². The molecule has 142 valence electrons. The summed E-state index contributed by atoms with van der Waals surface area (Å²) >= 11 is 12.2. The largest absolute Gasteiger partial charge is 0.310 e. The zero-order valence-electron chi connectivity index (χ0n) is 14.5. The zero-order valence-corrected chi connectivity index (χ0v) is 16.0. The third-order valence-corrected chi connectivity index (χ3v) is 5.66. The third-order valence-electron chi connectivity index (χ3n) is 4.92. The number of aromatic nitrogens is 1. The maximum atomic E-state index is 13.0. The highest BCUT2D eigenvalue weighted by Crippen LogP contribution is 2.36. The lowest BCUT2D eigenvalue weighted by atomic mass is 9.87. The average Bonchev–Trinajstić information content (AvgIpc) is 3.16. The van der Waals surface area contributed by atoms with Gasteiger partial charge in [-0.3, -0.25) is 14.9 Å². The van der Waals surface area contributed by atoms with E-state index in [1.54, 1.807) is 12.1 Å². The van der Waals surface area contributed by atoms with Gasteiger partial charge in [0.1, 0.15) is 12.0 Å². The van der Waals surface area contributed by atoms with E-state index in [-0.39, 0.29) is 23.3 Å². The van der Waals surface area contributed by atoms with E-state index in [4.69, 9.17) is 23.2 Å². The summed E-state index contributed by atoms with van der Waals surface area (Å²) in [5, 5.41) is 14.4. The summed E-state index contributed by atoms with van der Waals surface area (Å²) < 4.78 is 0. The molecule has 3 rings (SSSR count). The van der Waals surface area contributed by atoms with Crippen molar-refractivity contribution < 1.29 is 9.72 Å². The van der Waals surface area contributed by atoms with E-state index >= 15 is 0 Å². The molecule has 0 bridgehead atoms. The fourth-order valence-electron chi connectivity index (χ4n) is 3.48. The van der Waals surface area contributed by atoms with Crippen LogP contribution in [0.1, 0.15) is 43.6 Å². The number of nitrogens with zero attached hydrogens (tertiary/aromatic N) is 2. The van der Waals surface area contributed by atoms with Gasteiger partial charge in [0.05, 0.1) is 20.9 Å². The van der Waals surface area contributed by atoms with Crippen molar-refractivity contribution in [3.63, 3.8) is 0 Å². The number of carbonyl (C=O) groups excluding carboxylic acids is 1. The number of amides is 1. The molecule has 1 aromatic carbocycles. The van der Waals surface area contributed by atoms with Crippen LogP contribution in [0.2, 0.25) is 10.0 Å². The summed E-state index contributed by atoms with van der Waals surface area (Å²) in [5.41, 5.74) is 0.677. The van der Waals surface area contributed by atoms with E-state index in [9.17, 15) is 14.9 Å². The van der Waals surface area contributed by atoms with Crippen molar-refractivity contribution in [1.29, 1.82) is 0 Å². The molecule has 1 aromatic heterocycles. The van der Waals surface area contributed by atoms with Gasteiger partial charge in [0.25, 0.3) is 5.69 Å². The molecule has 0 aliphatic heterocycles. The van der Waals surface area contributed by atoms with Crippen molar-refractivity contribution >= 4 is 40.6 Å². The molecule has 8 heteroatoms. The number of hydrogen-bond acceptors (Lipinski definition) is 4. The molecule has 6 nitrogen and oxygen atoms in total. The number of nitrogens with one attached hydrogen (secondary N) is 1. The highest BCUT2D eigenvalue weighted by molar-refractivity contribution is 6.42. The van der Waals surface area contributed by atoms with Gasteiger partial charge in [0.15, 0.2) is 0 Å². The molecule has 1 atom stereocenters. The molecule has 1 N–H and O–H groups in total. The van der Waals surface area contributed by atoms with Gasteiger partial charge in [-0.2, -0.15) is 0 Å². The molecule has 0 spiro atoms. The fourth-order valence-corrected chi connectivity index (χ4v) is 3.79. The molecule has 0 saturated heterocycles. The van der Waals surface area contributed by atoms with Gasteiger partial charge >= 0.3 is 0 Å². The van der Waals surface area contributed by atoms with Gasteiger partial charge < -0.3 is 5.32 Å². The predicted molar refractivity (Wildman–Crippen MR) is 105 cm³/mol. The lowest BCUT2D eigenvalue weighted by molar-refractivity contribution is -0.385. The fraction of sp³-hybridized carbons (Fsp3) is 0.368. The minimum absolute atomic E-state index is 0.125. The molecule has 1 fully saturated rings. The number of carbonyl (C=O) groups is 1. The number of hydrogen-bond donors (Lipinski definition) is 1. The Morgan fingerprint density at radius 1 is 1.22 bits per heavy atom. The van der Waals surface area contributed by atoms with Crippen LogP contribution in [0.5, 0.6) is 0 Å². The lowest BCUT2D eigenvalue weighted by Gasteiger charge is -2.21. The Morgan fingerprint density at radius 2 is 1.96 bits per heavy atom. The van der Waals surface area contributed by atoms with Crippen molar-refractivity contribution in [2.24, 2.45) is 5.92 Å². The first-order chi connectivity index (χ1) is 12.9.